The summed E-state index contributed by atoms with van der Waals surface area (Å²) in [5.74, 6) is 2.22. The fourth-order valence-corrected chi connectivity index (χ4v) is 3.68. The summed E-state index contributed by atoms with van der Waals surface area (Å²) in [7, 11) is 1.68. The maximum Gasteiger partial charge on any atom is 0.128 e. The molecular weight excluding hydrogens is 324 g/mol. The lowest BCUT2D eigenvalue weighted by molar-refractivity contribution is 0.417. The van der Waals surface area contributed by atoms with E-state index in [4.69, 9.17) is 15.5 Å². The van der Waals surface area contributed by atoms with Crippen molar-refractivity contribution in [1.29, 1.82) is 0 Å². The van der Waals surface area contributed by atoms with Crippen LogP contribution in [-0.2, 0) is 0 Å². The van der Waals surface area contributed by atoms with Gasteiger partial charge in [-0.15, -0.1) is 0 Å². The minimum absolute atomic E-state index is 0.0183. The molecule has 4 rings (SSSR count). The first-order valence-electron chi connectivity index (χ1n) is 9.50. The monoisotopic (exact) mass is 352 g/mol. The Labute approximate surface area is 155 Å². The van der Waals surface area contributed by atoms with Gasteiger partial charge in [-0.1, -0.05) is 26.7 Å². The topological polar surface area (TPSA) is 76.8 Å². The summed E-state index contributed by atoms with van der Waals surface area (Å²) in [5, 5.41) is 0. The number of nitrogens with two attached hydrogens (primary N) is 1. The van der Waals surface area contributed by atoms with Crippen molar-refractivity contribution in [2.45, 2.75) is 45.6 Å². The van der Waals surface area contributed by atoms with Gasteiger partial charge in [0.1, 0.15) is 11.6 Å². The maximum atomic E-state index is 6.45. The van der Waals surface area contributed by atoms with E-state index in [1.807, 2.05) is 32.0 Å². The molecule has 1 saturated carbocycles. The zero-order valence-corrected chi connectivity index (χ0v) is 15.8. The Kier molecular flexibility index (Phi) is 5.89. The highest BCUT2D eigenvalue weighted by atomic mass is 16.5. The highest BCUT2D eigenvalue weighted by Gasteiger charge is 2.25. The van der Waals surface area contributed by atoms with Crippen LogP contribution < -0.4 is 10.5 Å². The van der Waals surface area contributed by atoms with Gasteiger partial charge in [0.05, 0.1) is 24.2 Å². The van der Waals surface area contributed by atoms with Gasteiger partial charge < -0.3 is 15.5 Å². The number of nitrogens with zero attached hydrogens (tertiary/aromatic N) is 2. The number of pyridine rings is 1. The number of hydrogen-bond acceptors (Lipinski definition) is 4. The second-order valence-corrected chi connectivity index (χ2v) is 6.50. The normalized spacial score (nSPS) is 15.5. The van der Waals surface area contributed by atoms with Crippen molar-refractivity contribution in [1.82, 2.24) is 15.0 Å². The first-order chi connectivity index (χ1) is 12.8. The molecule has 3 N–H and O–H groups in total. The molecule has 0 radical (unpaired) electrons. The van der Waals surface area contributed by atoms with E-state index in [0.717, 1.165) is 33.7 Å². The van der Waals surface area contributed by atoms with Crippen molar-refractivity contribution >= 4 is 11.0 Å². The van der Waals surface area contributed by atoms with Crippen molar-refractivity contribution in [3.63, 3.8) is 0 Å². The van der Waals surface area contributed by atoms with E-state index in [-0.39, 0.29) is 6.04 Å². The number of hydrogen-bond donors (Lipinski definition) is 2. The Bertz CT molecular complexity index is 838. The molecule has 2 aromatic heterocycles. The van der Waals surface area contributed by atoms with Gasteiger partial charge >= 0.3 is 0 Å². The first-order valence-corrected chi connectivity index (χ1v) is 9.50. The molecule has 5 heteroatoms. The number of aromatic nitrogens is 3. The summed E-state index contributed by atoms with van der Waals surface area (Å²) in [6.45, 7) is 4.00. The molecular formula is C21H28N4O. The second kappa shape index (κ2) is 8.32. The Morgan fingerprint density at radius 3 is 2.50 bits per heavy atom. The Hall–Kier alpha value is -2.40. The molecule has 0 aliphatic heterocycles. The third kappa shape index (κ3) is 3.58. The summed E-state index contributed by atoms with van der Waals surface area (Å²) in [6.07, 6.45) is 8.52. The number of aromatic amines is 1. The van der Waals surface area contributed by atoms with Crippen molar-refractivity contribution < 1.29 is 4.74 Å². The average Bonchev–Trinajstić information content (AvgIpc) is 3.38. The average molecular weight is 352 g/mol. The largest absolute Gasteiger partial charge is 0.496 e. The van der Waals surface area contributed by atoms with Gasteiger partial charge in [-0.05, 0) is 42.5 Å². The fraction of sp³-hybridized carbons (Fsp3) is 0.429. The van der Waals surface area contributed by atoms with E-state index in [2.05, 4.69) is 16.0 Å². The molecule has 1 atom stereocenters. The number of benzene rings is 1. The first kappa shape index (κ1) is 18.4. The molecule has 1 fully saturated rings. The van der Waals surface area contributed by atoms with Crippen molar-refractivity contribution in [3.8, 4) is 16.9 Å². The predicted octanol–water partition coefficient (Wildman–Crippen LogP) is 4.85. The summed E-state index contributed by atoms with van der Waals surface area (Å²) in [4.78, 5) is 12.2. The second-order valence-electron chi connectivity index (χ2n) is 6.50. The van der Waals surface area contributed by atoms with Crippen molar-refractivity contribution in [2.75, 3.05) is 7.11 Å². The van der Waals surface area contributed by atoms with Gasteiger partial charge in [0.25, 0.3) is 0 Å². The number of imidazole rings is 1. The van der Waals surface area contributed by atoms with E-state index in [9.17, 15) is 0 Å². The fourth-order valence-electron chi connectivity index (χ4n) is 3.68. The van der Waals surface area contributed by atoms with Crippen molar-refractivity contribution in [2.24, 2.45) is 11.7 Å². The van der Waals surface area contributed by atoms with Crippen LogP contribution in [0.2, 0.25) is 0 Å². The van der Waals surface area contributed by atoms with E-state index >= 15 is 0 Å². The molecule has 1 aliphatic carbocycles. The van der Waals surface area contributed by atoms with Gasteiger partial charge in [0, 0.05) is 24.0 Å². The summed E-state index contributed by atoms with van der Waals surface area (Å²) < 4.78 is 5.57. The van der Waals surface area contributed by atoms with Crippen LogP contribution in [0.3, 0.4) is 0 Å². The molecule has 26 heavy (non-hydrogen) atoms. The van der Waals surface area contributed by atoms with E-state index in [1.165, 1.54) is 25.7 Å². The Morgan fingerprint density at radius 2 is 1.85 bits per heavy atom. The van der Waals surface area contributed by atoms with Crippen LogP contribution in [-0.4, -0.2) is 22.1 Å². The minimum atomic E-state index is -0.0183. The third-order valence-corrected chi connectivity index (χ3v) is 5.04. The summed E-state index contributed by atoms with van der Waals surface area (Å²) >= 11 is 0. The number of H-pyrrole nitrogens is 1. The third-order valence-electron chi connectivity index (χ3n) is 5.04. The number of nitrogens with one attached hydrogen (secondary N) is 1. The predicted molar refractivity (Wildman–Crippen MR) is 106 cm³/mol. The van der Waals surface area contributed by atoms with Crippen LogP contribution in [0.25, 0.3) is 22.2 Å². The highest BCUT2D eigenvalue weighted by molar-refractivity contribution is 5.86. The van der Waals surface area contributed by atoms with E-state index < -0.39 is 0 Å². The van der Waals surface area contributed by atoms with Gasteiger partial charge in [0.2, 0.25) is 0 Å². The van der Waals surface area contributed by atoms with Gasteiger partial charge in [-0.25, -0.2) is 4.98 Å². The number of methoxy groups -OCH3 is 1. The van der Waals surface area contributed by atoms with E-state index in [0.29, 0.717) is 5.92 Å². The van der Waals surface area contributed by atoms with Crippen LogP contribution in [0.1, 0.15) is 51.4 Å². The molecule has 5 nitrogen and oxygen atoms in total. The molecule has 0 bridgehead atoms. The van der Waals surface area contributed by atoms with Crippen LogP contribution in [0, 0.1) is 5.92 Å². The minimum Gasteiger partial charge on any atom is -0.496 e. The number of ether oxygens (including phenoxy) is 1. The van der Waals surface area contributed by atoms with Crippen LogP contribution >= 0.6 is 0 Å². The van der Waals surface area contributed by atoms with Crippen LogP contribution in [0.15, 0.2) is 36.7 Å². The van der Waals surface area contributed by atoms with E-state index in [1.54, 1.807) is 19.5 Å². The summed E-state index contributed by atoms with van der Waals surface area (Å²) in [6, 6.07) is 8.00. The van der Waals surface area contributed by atoms with Gasteiger partial charge in [0.15, 0.2) is 0 Å². The number of rotatable bonds is 4. The zero-order valence-electron chi connectivity index (χ0n) is 15.8. The molecule has 1 aromatic carbocycles. The molecule has 0 amide bonds. The Balaban J connectivity index is 0.000000948. The lowest BCUT2D eigenvalue weighted by Gasteiger charge is -2.15. The lowest BCUT2D eigenvalue weighted by Crippen LogP contribution is -2.20. The molecule has 0 spiro atoms. The molecule has 0 saturated heterocycles. The van der Waals surface area contributed by atoms with Crippen LogP contribution in [0.4, 0.5) is 0 Å². The quantitative estimate of drug-likeness (QED) is 0.703. The smallest absolute Gasteiger partial charge is 0.128 e. The Morgan fingerprint density at radius 1 is 1.15 bits per heavy atom. The lowest BCUT2D eigenvalue weighted by atomic mass is 9.99. The molecule has 3 aromatic rings. The van der Waals surface area contributed by atoms with Crippen LogP contribution in [0.5, 0.6) is 5.75 Å². The molecule has 2 heterocycles. The molecule has 1 aliphatic rings. The molecule has 138 valence electrons. The highest BCUT2D eigenvalue weighted by Crippen LogP contribution is 2.36. The van der Waals surface area contributed by atoms with Gasteiger partial charge in [-0.3, -0.25) is 4.98 Å². The zero-order chi connectivity index (χ0) is 18.5. The standard InChI is InChI=1S/C19H22N4O.C2H6/c1-24-17-11-16-15(10-14(17)12-6-8-21-9-7-12)22-19(23-16)18(20)13-4-2-3-5-13;1-2/h6-11,13,18H,2-5,20H2,1H3,(H,22,23);1-2H3. The maximum absolute atomic E-state index is 6.45. The van der Waals surface area contributed by atoms with Gasteiger partial charge in [-0.2, -0.15) is 0 Å². The SMILES string of the molecule is CC.COc1cc2nc(C(N)C3CCCC3)[nH]c2cc1-c1ccncc1. The number of fused-ring (bicyclic) bond motifs is 1. The van der Waals surface area contributed by atoms with Crippen molar-refractivity contribution in [3.05, 3.63) is 42.5 Å². The molecule has 1 unspecified atom stereocenters. The summed E-state index contributed by atoms with van der Waals surface area (Å²) in [5.41, 5.74) is 10.4.